The van der Waals surface area contributed by atoms with Gasteiger partial charge >= 0.3 is 0 Å². The van der Waals surface area contributed by atoms with Gasteiger partial charge in [0.05, 0.1) is 0 Å². The van der Waals surface area contributed by atoms with Crippen molar-refractivity contribution in [2.45, 2.75) is 20.8 Å². The van der Waals surface area contributed by atoms with Crippen LogP contribution in [0.1, 0.15) is 20.8 Å². The summed E-state index contributed by atoms with van der Waals surface area (Å²) in [5.41, 5.74) is 3.60. The van der Waals surface area contributed by atoms with E-state index in [4.69, 9.17) is 0 Å². The summed E-state index contributed by atoms with van der Waals surface area (Å²) in [5.74, 6) is 0. The molecule has 0 fully saturated rings. The Morgan fingerprint density at radius 2 is 1.73 bits per heavy atom. The molecule has 0 rings (SSSR count). The Labute approximate surface area is 69.6 Å². The summed E-state index contributed by atoms with van der Waals surface area (Å²) in [6.45, 7) is 13.7. The third kappa shape index (κ3) is 3.61. The monoisotopic (exact) mass is 148 g/mol. The van der Waals surface area contributed by atoms with Crippen molar-refractivity contribution in [3.8, 4) is 0 Å². The predicted molar refractivity (Wildman–Crippen MR) is 52.5 cm³/mol. The lowest BCUT2D eigenvalue weighted by Gasteiger charge is -2.02. The van der Waals surface area contributed by atoms with Crippen LogP contribution in [0.4, 0.5) is 0 Å². The Hall–Kier alpha value is -1.04. The van der Waals surface area contributed by atoms with Crippen molar-refractivity contribution in [2.24, 2.45) is 0 Å². The molecule has 0 aliphatic rings. The van der Waals surface area contributed by atoms with Gasteiger partial charge in [-0.2, -0.15) is 0 Å². The van der Waals surface area contributed by atoms with E-state index in [1.165, 1.54) is 11.1 Å². The molecule has 0 N–H and O–H groups in total. The molecule has 0 unspecified atom stereocenters. The summed E-state index contributed by atoms with van der Waals surface area (Å²) in [6.07, 6.45) is 5.73. The highest BCUT2D eigenvalue weighted by molar-refractivity contribution is 5.40. The van der Waals surface area contributed by atoms with Crippen LogP contribution in [-0.4, -0.2) is 0 Å². The molecule has 0 heterocycles. The highest BCUT2D eigenvalue weighted by atomic mass is 14.0. The Morgan fingerprint density at radius 3 is 2.00 bits per heavy atom. The van der Waals surface area contributed by atoms with Crippen molar-refractivity contribution in [1.29, 1.82) is 0 Å². The van der Waals surface area contributed by atoms with Crippen LogP contribution in [0.5, 0.6) is 0 Å². The first-order valence-electron chi connectivity index (χ1n) is 3.72. The van der Waals surface area contributed by atoms with Crippen LogP contribution in [0.2, 0.25) is 0 Å². The molecule has 60 valence electrons. The maximum absolute atomic E-state index is 3.89. The zero-order valence-electron chi connectivity index (χ0n) is 7.65. The van der Waals surface area contributed by atoms with Gasteiger partial charge in [0.1, 0.15) is 0 Å². The largest absolute Gasteiger partial charge is 0.0991 e. The fraction of sp³-hybridized carbons (Fsp3) is 0.273. The lowest BCUT2D eigenvalue weighted by Crippen LogP contribution is -1.82. The van der Waals surface area contributed by atoms with Gasteiger partial charge in [-0.05, 0) is 26.3 Å². The predicted octanol–water partition coefficient (Wildman–Crippen LogP) is 3.64. The molecule has 0 saturated carbocycles. The van der Waals surface area contributed by atoms with Crippen LogP contribution in [0.25, 0.3) is 0 Å². The fourth-order valence-corrected chi connectivity index (χ4v) is 0.900. The number of allylic oxidation sites excluding steroid dienone is 6. The van der Waals surface area contributed by atoms with Crippen molar-refractivity contribution < 1.29 is 0 Å². The fourth-order valence-electron chi connectivity index (χ4n) is 0.900. The summed E-state index contributed by atoms with van der Waals surface area (Å²) < 4.78 is 0. The second-order valence-electron chi connectivity index (χ2n) is 2.79. The van der Waals surface area contributed by atoms with Crippen molar-refractivity contribution in [1.82, 2.24) is 0 Å². The van der Waals surface area contributed by atoms with Crippen molar-refractivity contribution in [3.05, 3.63) is 48.1 Å². The highest BCUT2D eigenvalue weighted by Gasteiger charge is 1.93. The summed E-state index contributed by atoms with van der Waals surface area (Å²) in [4.78, 5) is 0. The van der Waals surface area contributed by atoms with E-state index in [-0.39, 0.29) is 0 Å². The smallest absolute Gasteiger partial charge is 0.0247 e. The van der Waals surface area contributed by atoms with Crippen molar-refractivity contribution in [3.63, 3.8) is 0 Å². The minimum absolute atomic E-state index is 1.10. The second kappa shape index (κ2) is 4.73. The Balaban J connectivity index is 4.64. The molecular formula is C11H16. The Kier molecular flexibility index (Phi) is 4.28. The van der Waals surface area contributed by atoms with E-state index in [0.29, 0.717) is 0 Å². The summed E-state index contributed by atoms with van der Waals surface area (Å²) in [6, 6.07) is 0. The molecule has 0 aromatic heterocycles. The molecule has 0 bridgehead atoms. The standard InChI is InChI=1S/C11H16/c1-6-7-8-11(9(2)3)10(4)5/h6-8H,1-2H2,3-5H3/b8-7-. The molecule has 0 aliphatic carbocycles. The lowest BCUT2D eigenvalue weighted by atomic mass is 10.0. The summed E-state index contributed by atoms with van der Waals surface area (Å²) >= 11 is 0. The Bertz CT molecular complexity index is 210. The molecule has 0 aliphatic heterocycles. The van der Waals surface area contributed by atoms with Gasteiger partial charge in [-0.1, -0.05) is 42.5 Å². The molecule has 0 aromatic carbocycles. The zero-order valence-corrected chi connectivity index (χ0v) is 7.65. The SMILES string of the molecule is C=C/C=C\C(C(=C)C)=C(C)C. The molecule has 0 heteroatoms. The lowest BCUT2D eigenvalue weighted by molar-refractivity contribution is 1.29. The summed E-state index contributed by atoms with van der Waals surface area (Å²) in [5, 5.41) is 0. The average Bonchev–Trinajstić information content (AvgIpc) is 1.87. The zero-order chi connectivity index (χ0) is 8.85. The van der Waals surface area contributed by atoms with Crippen LogP contribution in [0.15, 0.2) is 48.1 Å². The highest BCUT2D eigenvalue weighted by Crippen LogP contribution is 2.13. The van der Waals surface area contributed by atoms with E-state index in [9.17, 15) is 0 Å². The topological polar surface area (TPSA) is 0 Å². The van der Waals surface area contributed by atoms with Gasteiger partial charge in [-0.15, -0.1) is 0 Å². The molecule has 0 nitrogen and oxygen atoms in total. The molecule has 11 heavy (non-hydrogen) atoms. The van der Waals surface area contributed by atoms with E-state index in [0.717, 1.165) is 5.57 Å². The molecular weight excluding hydrogens is 132 g/mol. The van der Waals surface area contributed by atoms with Gasteiger partial charge in [0.25, 0.3) is 0 Å². The maximum atomic E-state index is 3.89. The van der Waals surface area contributed by atoms with E-state index in [2.05, 4.69) is 27.0 Å². The van der Waals surface area contributed by atoms with Crippen LogP contribution >= 0.6 is 0 Å². The van der Waals surface area contributed by atoms with Crippen LogP contribution in [0, 0.1) is 0 Å². The molecule has 0 saturated heterocycles. The maximum Gasteiger partial charge on any atom is -0.0247 e. The first-order chi connectivity index (χ1) is 5.09. The minimum Gasteiger partial charge on any atom is -0.0991 e. The third-order valence-electron chi connectivity index (χ3n) is 1.40. The normalized spacial score (nSPS) is 9.73. The average molecular weight is 148 g/mol. The first kappa shape index (κ1) is 9.96. The van der Waals surface area contributed by atoms with Gasteiger partial charge < -0.3 is 0 Å². The van der Waals surface area contributed by atoms with Gasteiger partial charge in [-0.25, -0.2) is 0 Å². The first-order valence-corrected chi connectivity index (χ1v) is 3.72. The molecule has 0 aromatic rings. The minimum atomic E-state index is 1.10. The third-order valence-corrected chi connectivity index (χ3v) is 1.40. The molecule has 0 atom stereocenters. The quantitative estimate of drug-likeness (QED) is 0.536. The van der Waals surface area contributed by atoms with E-state index in [1.54, 1.807) is 6.08 Å². The number of hydrogen-bond donors (Lipinski definition) is 0. The van der Waals surface area contributed by atoms with Crippen molar-refractivity contribution >= 4 is 0 Å². The van der Waals surface area contributed by atoms with Gasteiger partial charge in [0.15, 0.2) is 0 Å². The molecule has 0 amide bonds. The van der Waals surface area contributed by atoms with Crippen LogP contribution in [0.3, 0.4) is 0 Å². The van der Waals surface area contributed by atoms with Crippen molar-refractivity contribution in [2.75, 3.05) is 0 Å². The van der Waals surface area contributed by atoms with Crippen LogP contribution in [-0.2, 0) is 0 Å². The van der Waals surface area contributed by atoms with E-state index < -0.39 is 0 Å². The van der Waals surface area contributed by atoms with Gasteiger partial charge in [-0.3, -0.25) is 0 Å². The second-order valence-corrected chi connectivity index (χ2v) is 2.79. The van der Waals surface area contributed by atoms with Gasteiger partial charge in [0, 0.05) is 0 Å². The number of rotatable bonds is 3. The van der Waals surface area contributed by atoms with E-state index in [1.807, 2.05) is 19.1 Å². The molecule has 0 spiro atoms. The molecule has 0 radical (unpaired) electrons. The Morgan fingerprint density at radius 1 is 1.18 bits per heavy atom. The van der Waals surface area contributed by atoms with Gasteiger partial charge in [0.2, 0.25) is 0 Å². The summed E-state index contributed by atoms with van der Waals surface area (Å²) in [7, 11) is 0. The van der Waals surface area contributed by atoms with Crippen LogP contribution < -0.4 is 0 Å². The van der Waals surface area contributed by atoms with E-state index >= 15 is 0 Å². The number of hydrogen-bond acceptors (Lipinski definition) is 0.